The molecule has 0 aliphatic heterocycles. The molecule has 2 aromatic heterocycles. The van der Waals surface area contributed by atoms with Crippen molar-refractivity contribution in [1.82, 2.24) is 19.9 Å². The number of aromatic amines is 1. The summed E-state index contributed by atoms with van der Waals surface area (Å²) in [5.74, 6) is -1.84. The molecule has 1 unspecified atom stereocenters. The Morgan fingerprint density at radius 2 is 1.91 bits per heavy atom. The minimum absolute atomic E-state index is 0.132. The van der Waals surface area contributed by atoms with Gasteiger partial charge in [-0.25, -0.2) is 8.91 Å². The average molecular weight is 509 g/mol. The third kappa shape index (κ3) is 4.77. The van der Waals surface area contributed by atoms with Crippen LogP contribution in [0.25, 0.3) is 16.8 Å². The lowest BCUT2D eigenvalue weighted by molar-refractivity contribution is -0.136. The standard InChI is InChI=1S/C23H17ClF4N4O3/c1-11-2-3-13(8-15(11)24)16-9-32-20(22(35)29-16)18(23(26,27)28)19(31-32)21(34)30-17(10-33)12-4-6-14(25)7-5-12/h2-9,17,33H,10H2,1H3,(H,29,35)(H,30,34). The lowest BCUT2D eigenvalue weighted by Gasteiger charge is -2.16. The summed E-state index contributed by atoms with van der Waals surface area (Å²) < 4.78 is 55.8. The number of H-pyrrole nitrogens is 1. The number of hydrogen-bond donors (Lipinski definition) is 3. The molecule has 2 aromatic carbocycles. The zero-order valence-corrected chi connectivity index (χ0v) is 18.7. The van der Waals surface area contributed by atoms with E-state index < -0.39 is 52.9 Å². The van der Waals surface area contributed by atoms with Crippen LogP contribution in [0.2, 0.25) is 5.02 Å². The number of carbonyl (C=O) groups is 1. The van der Waals surface area contributed by atoms with Crippen LogP contribution in [0.3, 0.4) is 0 Å². The van der Waals surface area contributed by atoms with Crippen LogP contribution in [0.4, 0.5) is 17.6 Å². The molecule has 35 heavy (non-hydrogen) atoms. The van der Waals surface area contributed by atoms with Gasteiger partial charge in [-0.15, -0.1) is 0 Å². The summed E-state index contributed by atoms with van der Waals surface area (Å²) >= 11 is 6.12. The van der Waals surface area contributed by atoms with E-state index >= 15 is 0 Å². The second-order valence-electron chi connectivity index (χ2n) is 7.74. The van der Waals surface area contributed by atoms with E-state index in [-0.39, 0.29) is 11.3 Å². The van der Waals surface area contributed by atoms with E-state index in [1.54, 1.807) is 19.1 Å². The van der Waals surface area contributed by atoms with E-state index in [1.807, 2.05) is 0 Å². The van der Waals surface area contributed by atoms with Gasteiger partial charge in [-0.1, -0.05) is 35.9 Å². The number of carbonyl (C=O) groups excluding carboxylic acids is 1. The Hall–Kier alpha value is -3.70. The van der Waals surface area contributed by atoms with Gasteiger partial charge in [-0.2, -0.15) is 18.3 Å². The maximum Gasteiger partial charge on any atom is 0.421 e. The number of nitrogens with zero attached hydrogens (tertiary/aromatic N) is 2. The van der Waals surface area contributed by atoms with E-state index in [4.69, 9.17) is 11.6 Å². The van der Waals surface area contributed by atoms with Gasteiger partial charge in [0, 0.05) is 10.6 Å². The molecule has 0 radical (unpaired) electrons. The highest BCUT2D eigenvalue weighted by Crippen LogP contribution is 2.35. The summed E-state index contributed by atoms with van der Waals surface area (Å²) in [6, 6.07) is 8.39. The summed E-state index contributed by atoms with van der Waals surface area (Å²) in [4.78, 5) is 27.9. The Kier molecular flexibility index (Phi) is 6.39. The zero-order valence-electron chi connectivity index (χ0n) is 18.0. The number of benzene rings is 2. The van der Waals surface area contributed by atoms with Gasteiger partial charge in [0.1, 0.15) is 16.9 Å². The van der Waals surface area contributed by atoms with Gasteiger partial charge in [0.15, 0.2) is 5.69 Å². The molecule has 0 aliphatic carbocycles. The molecule has 3 N–H and O–H groups in total. The summed E-state index contributed by atoms with van der Waals surface area (Å²) in [5, 5.41) is 16.0. The SMILES string of the molecule is Cc1ccc(-c2cn3nc(C(=O)NC(CO)c4ccc(F)cc4)c(C(F)(F)F)c3c(=O)[nH]2)cc1Cl. The molecule has 0 aliphatic rings. The highest BCUT2D eigenvalue weighted by Gasteiger charge is 2.42. The van der Waals surface area contributed by atoms with Crippen molar-refractivity contribution >= 4 is 23.0 Å². The Balaban J connectivity index is 1.81. The van der Waals surface area contributed by atoms with Crippen molar-refractivity contribution in [2.24, 2.45) is 0 Å². The van der Waals surface area contributed by atoms with Crippen LogP contribution in [-0.4, -0.2) is 32.2 Å². The van der Waals surface area contributed by atoms with Crippen molar-refractivity contribution < 1.29 is 27.5 Å². The zero-order chi connectivity index (χ0) is 25.5. The molecule has 0 saturated carbocycles. The lowest BCUT2D eigenvalue weighted by atomic mass is 10.1. The first-order chi connectivity index (χ1) is 16.5. The number of aliphatic hydroxyl groups excluding tert-OH is 1. The fourth-order valence-corrected chi connectivity index (χ4v) is 3.75. The van der Waals surface area contributed by atoms with Crippen LogP contribution in [-0.2, 0) is 6.18 Å². The number of aromatic nitrogens is 3. The molecule has 1 atom stereocenters. The number of aryl methyl sites for hydroxylation is 1. The van der Waals surface area contributed by atoms with Crippen LogP contribution in [0.5, 0.6) is 0 Å². The van der Waals surface area contributed by atoms with Crippen LogP contribution in [0, 0.1) is 12.7 Å². The largest absolute Gasteiger partial charge is 0.421 e. The molecule has 12 heteroatoms. The Bertz CT molecular complexity index is 1480. The summed E-state index contributed by atoms with van der Waals surface area (Å²) in [6.45, 7) is 1.09. The summed E-state index contributed by atoms with van der Waals surface area (Å²) in [7, 11) is 0. The molecule has 182 valence electrons. The second kappa shape index (κ2) is 9.16. The average Bonchev–Trinajstić information content (AvgIpc) is 3.21. The third-order valence-corrected chi connectivity index (χ3v) is 5.77. The number of aliphatic hydroxyl groups is 1. The van der Waals surface area contributed by atoms with Gasteiger partial charge >= 0.3 is 6.18 Å². The fraction of sp³-hybridized carbons (Fsp3) is 0.174. The Morgan fingerprint density at radius 3 is 2.51 bits per heavy atom. The number of amides is 1. The third-order valence-electron chi connectivity index (χ3n) is 5.37. The van der Waals surface area contributed by atoms with Gasteiger partial charge in [0.05, 0.1) is 24.5 Å². The van der Waals surface area contributed by atoms with Crippen molar-refractivity contribution in [2.45, 2.75) is 19.1 Å². The van der Waals surface area contributed by atoms with E-state index in [0.29, 0.717) is 15.1 Å². The number of halogens is 5. The summed E-state index contributed by atoms with van der Waals surface area (Å²) in [6.07, 6.45) is -3.95. The molecule has 2 heterocycles. The van der Waals surface area contributed by atoms with Gasteiger partial charge < -0.3 is 15.4 Å². The quantitative estimate of drug-likeness (QED) is 0.351. The number of alkyl halides is 3. The summed E-state index contributed by atoms with van der Waals surface area (Å²) in [5.41, 5.74) is -2.99. The number of nitrogens with one attached hydrogen (secondary N) is 2. The van der Waals surface area contributed by atoms with Crippen molar-refractivity contribution in [3.8, 4) is 11.3 Å². The highest BCUT2D eigenvalue weighted by atomic mass is 35.5. The smallest absolute Gasteiger partial charge is 0.394 e. The predicted octanol–water partition coefficient (Wildman–Crippen LogP) is 4.27. The first-order valence-electron chi connectivity index (χ1n) is 10.2. The van der Waals surface area contributed by atoms with E-state index in [1.165, 1.54) is 18.2 Å². The Labute approximate surface area is 200 Å². The van der Waals surface area contributed by atoms with Crippen molar-refractivity contribution in [1.29, 1.82) is 0 Å². The van der Waals surface area contributed by atoms with Crippen LogP contribution in [0.15, 0.2) is 53.5 Å². The van der Waals surface area contributed by atoms with Crippen LogP contribution < -0.4 is 10.9 Å². The molecule has 4 aromatic rings. The van der Waals surface area contributed by atoms with Crippen molar-refractivity contribution in [3.05, 3.63) is 92.2 Å². The number of hydrogen-bond acceptors (Lipinski definition) is 4. The highest BCUT2D eigenvalue weighted by molar-refractivity contribution is 6.31. The van der Waals surface area contributed by atoms with Crippen molar-refractivity contribution in [3.63, 3.8) is 0 Å². The maximum absolute atomic E-state index is 14.0. The van der Waals surface area contributed by atoms with Gasteiger partial charge in [-0.05, 0) is 36.2 Å². The molecule has 1 amide bonds. The normalized spacial score (nSPS) is 12.7. The van der Waals surface area contributed by atoms with Gasteiger partial charge in [-0.3, -0.25) is 9.59 Å². The van der Waals surface area contributed by atoms with E-state index in [2.05, 4.69) is 15.4 Å². The number of fused-ring (bicyclic) bond motifs is 1. The minimum Gasteiger partial charge on any atom is -0.394 e. The second-order valence-corrected chi connectivity index (χ2v) is 8.14. The lowest BCUT2D eigenvalue weighted by Crippen LogP contribution is -2.32. The monoisotopic (exact) mass is 508 g/mol. The minimum atomic E-state index is -5.10. The topological polar surface area (TPSA) is 99.5 Å². The molecular formula is C23H17ClF4N4O3. The van der Waals surface area contributed by atoms with Crippen molar-refractivity contribution in [2.75, 3.05) is 6.61 Å². The van der Waals surface area contributed by atoms with Gasteiger partial charge in [0.2, 0.25) is 0 Å². The van der Waals surface area contributed by atoms with Crippen LogP contribution >= 0.6 is 11.6 Å². The maximum atomic E-state index is 14.0. The molecular weight excluding hydrogens is 492 g/mol. The molecule has 0 spiro atoms. The molecule has 0 bridgehead atoms. The van der Waals surface area contributed by atoms with Crippen LogP contribution in [0.1, 0.15) is 33.2 Å². The molecule has 0 saturated heterocycles. The fourth-order valence-electron chi connectivity index (χ4n) is 3.57. The first-order valence-corrected chi connectivity index (χ1v) is 10.5. The first kappa shape index (κ1) is 24.4. The van der Waals surface area contributed by atoms with E-state index in [0.717, 1.165) is 23.9 Å². The molecule has 7 nitrogen and oxygen atoms in total. The van der Waals surface area contributed by atoms with Gasteiger partial charge in [0.25, 0.3) is 11.5 Å². The molecule has 0 fully saturated rings. The number of rotatable bonds is 5. The Morgan fingerprint density at radius 1 is 1.23 bits per heavy atom. The van der Waals surface area contributed by atoms with E-state index in [9.17, 15) is 32.3 Å². The predicted molar refractivity (Wildman–Crippen MR) is 120 cm³/mol. The molecule has 4 rings (SSSR count).